The Labute approximate surface area is 207 Å². The second-order valence-electron chi connectivity index (χ2n) is 9.36. The molecule has 8 heteroatoms. The van der Waals surface area contributed by atoms with Crippen molar-refractivity contribution in [3.63, 3.8) is 0 Å². The Hall–Kier alpha value is -3.65. The molecule has 0 radical (unpaired) electrons. The Bertz CT molecular complexity index is 1280. The Morgan fingerprint density at radius 1 is 0.944 bits per heavy atom. The van der Waals surface area contributed by atoms with Crippen molar-refractivity contribution in [2.45, 2.75) is 38.0 Å². The van der Waals surface area contributed by atoms with E-state index in [4.69, 9.17) is 0 Å². The van der Waals surface area contributed by atoms with Gasteiger partial charge in [-0.05, 0) is 71.8 Å². The zero-order valence-electron chi connectivity index (χ0n) is 19.6. The molecule has 36 heavy (non-hydrogen) atoms. The highest BCUT2D eigenvalue weighted by molar-refractivity contribution is 6.08. The number of amides is 2. The van der Waals surface area contributed by atoms with Crippen LogP contribution < -0.4 is 10.6 Å². The van der Waals surface area contributed by atoms with E-state index in [0.29, 0.717) is 41.5 Å². The van der Waals surface area contributed by atoms with Crippen molar-refractivity contribution in [3.8, 4) is 11.1 Å². The molecular weight excluding hydrogens is 467 g/mol. The van der Waals surface area contributed by atoms with Crippen molar-refractivity contribution < 1.29 is 22.8 Å². The third-order valence-corrected chi connectivity index (χ3v) is 6.56. The number of benzene rings is 3. The average Bonchev–Trinajstić information content (AvgIpc) is 3.67. The summed E-state index contributed by atoms with van der Waals surface area (Å²) in [5.74, 6) is -0.267. The fourth-order valence-corrected chi connectivity index (χ4v) is 4.50. The molecule has 2 amide bonds. The summed E-state index contributed by atoms with van der Waals surface area (Å²) in [4.78, 5) is 27.4. The third kappa shape index (κ3) is 5.60. The first kappa shape index (κ1) is 24.1. The molecule has 2 aliphatic rings. The lowest BCUT2D eigenvalue weighted by Crippen LogP contribution is -2.40. The van der Waals surface area contributed by atoms with E-state index in [1.54, 1.807) is 24.3 Å². The summed E-state index contributed by atoms with van der Waals surface area (Å²) in [6, 6.07) is 17.8. The maximum atomic E-state index is 13.1. The van der Waals surface area contributed by atoms with Gasteiger partial charge in [-0.1, -0.05) is 36.4 Å². The molecule has 1 heterocycles. The first-order chi connectivity index (χ1) is 17.3. The van der Waals surface area contributed by atoms with Gasteiger partial charge in [-0.2, -0.15) is 13.2 Å². The van der Waals surface area contributed by atoms with Crippen molar-refractivity contribution in [3.05, 3.63) is 89.0 Å². The molecule has 5 rings (SSSR count). The molecule has 3 aromatic carbocycles. The van der Waals surface area contributed by atoms with Gasteiger partial charge < -0.3 is 10.6 Å². The lowest BCUT2D eigenvalue weighted by Gasteiger charge is -2.28. The van der Waals surface area contributed by atoms with E-state index in [0.717, 1.165) is 49.1 Å². The molecule has 0 bridgehead atoms. The molecule has 0 spiro atoms. The van der Waals surface area contributed by atoms with Crippen molar-refractivity contribution in [1.29, 1.82) is 0 Å². The fourth-order valence-electron chi connectivity index (χ4n) is 4.50. The van der Waals surface area contributed by atoms with Crippen LogP contribution in [0.2, 0.25) is 0 Å². The van der Waals surface area contributed by atoms with Gasteiger partial charge in [-0.25, -0.2) is 0 Å². The van der Waals surface area contributed by atoms with E-state index in [1.807, 2.05) is 18.2 Å². The second kappa shape index (κ2) is 9.78. The van der Waals surface area contributed by atoms with Gasteiger partial charge in [-0.3, -0.25) is 14.5 Å². The molecule has 1 saturated carbocycles. The van der Waals surface area contributed by atoms with Crippen LogP contribution in [-0.4, -0.2) is 35.8 Å². The van der Waals surface area contributed by atoms with Gasteiger partial charge in [0.1, 0.15) is 0 Å². The zero-order valence-corrected chi connectivity index (χ0v) is 19.6. The molecule has 0 saturated heterocycles. The summed E-state index contributed by atoms with van der Waals surface area (Å²) >= 11 is 0. The highest BCUT2D eigenvalue weighted by Gasteiger charge is 2.30. The minimum atomic E-state index is -4.41. The second-order valence-corrected chi connectivity index (χ2v) is 9.36. The maximum Gasteiger partial charge on any atom is 0.416 e. The van der Waals surface area contributed by atoms with E-state index in [2.05, 4.69) is 15.5 Å². The van der Waals surface area contributed by atoms with Gasteiger partial charge in [0.25, 0.3) is 5.91 Å². The molecule has 5 nitrogen and oxygen atoms in total. The fraction of sp³-hybridized carbons (Fsp3) is 0.286. The van der Waals surface area contributed by atoms with E-state index in [1.165, 1.54) is 12.1 Å². The quantitative estimate of drug-likeness (QED) is 0.493. The van der Waals surface area contributed by atoms with Crippen LogP contribution in [-0.2, 0) is 23.9 Å². The number of alkyl halides is 3. The lowest BCUT2D eigenvalue weighted by atomic mass is 9.97. The molecular formula is C28H26F3N3O2. The zero-order chi connectivity index (χ0) is 25.3. The van der Waals surface area contributed by atoms with Gasteiger partial charge in [0.15, 0.2) is 0 Å². The average molecular weight is 494 g/mol. The van der Waals surface area contributed by atoms with Gasteiger partial charge >= 0.3 is 6.18 Å². The van der Waals surface area contributed by atoms with E-state index in [-0.39, 0.29) is 11.8 Å². The molecule has 0 aromatic heterocycles. The van der Waals surface area contributed by atoms with Gasteiger partial charge in [-0.15, -0.1) is 0 Å². The van der Waals surface area contributed by atoms with Gasteiger partial charge in [0, 0.05) is 30.4 Å². The van der Waals surface area contributed by atoms with Gasteiger partial charge in [0.05, 0.1) is 12.1 Å². The van der Waals surface area contributed by atoms with Crippen LogP contribution in [0.25, 0.3) is 11.1 Å². The van der Waals surface area contributed by atoms with Crippen molar-refractivity contribution >= 4 is 17.5 Å². The monoisotopic (exact) mass is 493 g/mol. The first-order valence-corrected chi connectivity index (χ1v) is 12.0. The summed E-state index contributed by atoms with van der Waals surface area (Å²) in [6.45, 7) is 1.83. The van der Waals surface area contributed by atoms with Crippen LogP contribution in [0.5, 0.6) is 0 Å². The molecule has 1 aliphatic heterocycles. The minimum absolute atomic E-state index is 0.0662. The normalized spacial score (nSPS) is 15.8. The third-order valence-electron chi connectivity index (χ3n) is 6.56. The van der Waals surface area contributed by atoms with Crippen LogP contribution in [0.3, 0.4) is 0 Å². The topological polar surface area (TPSA) is 61.4 Å². The van der Waals surface area contributed by atoms with E-state index in [9.17, 15) is 22.8 Å². The maximum absolute atomic E-state index is 13.1. The van der Waals surface area contributed by atoms with Crippen molar-refractivity contribution in [1.82, 2.24) is 10.2 Å². The number of nitrogens with zero attached hydrogens (tertiary/aromatic N) is 1. The lowest BCUT2D eigenvalue weighted by molar-refractivity contribution is -0.137. The number of hydrogen-bond donors (Lipinski definition) is 2. The number of halogens is 3. The van der Waals surface area contributed by atoms with E-state index < -0.39 is 11.7 Å². The highest BCUT2D eigenvalue weighted by Crippen LogP contribution is 2.32. The number of nitrogens with one attached hydrogen (secondary N) is 2. The molecule has 3 aromatic rings. The van der Waals surface area contributed by atoms with Crippen molar-refractivity contribution in [2.75, 3.05) is 18.4 Å². The number of carbonyl (C=O) groups excluding carboxylic acids is 2. The predicted molar refractivity (Wildman–Crippen MR) is 131 cm³/mol. The summed E-state index contributed by atoms with van der Waals surface area (Å²) < 4.78 is 38.8. The Morgan fingerprint density at radius 3 is 2.42 bits per heavy atom. The summed E-state index contributed by atoms with van der Waals surface area (Å²) in [5, 5.41) is 5.95. The number of hydrogen-bond acceptors (Lipinski definition) is 3. The molecule has 2 N–H and O–H groups in total. The molecule has 1 fully saturated rings. The predicted octanol–water partition coefficient (Wildman–Crippen LogP) is 5.26. The van der Waals surface area contributed by atoms with Crippen LogP contribution in [0, 0.1) is 0 Å². The van der Waals surface area contributed by atoms with Crippen molar-refractivity contribution in [2.24, 2.45) is 0 Å². The SMILES string of the molecule is O=C(CN1CCc2cc(NC(=O)c3ccccc3-c3ccc(C(F)(F)F)cc3)ccc2C1)NC1CC1. The standard InChI is InChI=1S/C28H26F3N3O2/c29-28(30,31)21-8-5-18(6-9-21)24-3-1-2-4-25(24)27(36)33-23-10-7-20-16-34(14-13-19(20)15-23)17-26(35)32-22-11-12-22/h1-10,15,22H,11-14,16-17H2,(H,32,35)(H,33,36). The van der Waals surface area contributed by atoms with Crippen LogP contribution in [0.1, 0.15) is 39.9 Å². The molecule has 0 unspecified atom stereocenters. The van der Waals surface area contributed by atoms with Crippen LogP contribution in [0.15, 0.2) is 66.7 Å². The summed E-state index contributed by atoms with van der Waals surface area (Å²) in [6.07, 6.45) is -1.50. The van der Waals surface area contributed by atoms with Gasteiger partial charge in [0.2, 0.25) is 5.91 Å². The number of fused-ring (bicyclic) bond motifs is 1. The largest absolute Gasteiger partial charge is 0.416 e. The van der Waals surface area contributed by atoms with Crippen LogP contribution in [0.4, 0.5) is 18.9 Å². The molecule has 186 valence electrons. The van der Waals surface area contributed by atoms with Crippen LogP contribution >= 0.6 is 0 Å². The molecule has 0 atom stereocenters. The Kier molecular flexibility index (Phi) is 6.53. The Balaban J connectivity index is 1.27. The summed E-state index contributed by atoms with van der Waals surface area (Å²) in [7, 11) is 0. The first-order valence-electron chi connectivity index (χ1n) is 12.0. The highest BCUT2D eigenvalue weighted by atomic mass is 19.4. The number of anilines is 1. The Morgan fingerprint density at radius 2 is 1.69 bits per heavy atom. The minimum Gasteiger partial charge on any atom is -0.352 e. The smallest absolute Gasteiger partial charge is 0.352 e. The van der Waals surface area contributed by atoms with E-state index >= 15 is 0 Å². The number of rotatable bonds is 6. The molecule has 1 aliphatic carbocycles. The number of carbonyl (C=O) groups is 2. The summed E-state index contributed by atoms with van der Waals surface area (Å²) in [5.41, 5.74) is 3.64.